The molecule has 0 heterocycles. The van der Waals surface area contributed by atoms with Gasteiger partial charge in [0.05, 0.1) is 5.92 Å². The second kappa shape index (κ2) is 9.48. The minimum atomic E-state index is -2.50. The number of halogens is 2. The van der Waals surface area contributed by atoms with Crippen LogP contribution < -0.4 is 4.74 Å². The molecule has 0 unspecified atom stereocenters. The molecule has 0 N–H and O–H groups in total. The van der Waals surface area contributed by atoms with E-state index in [0.717, 1.165) is 37.5 Å². The van der Waals surface area contributed by atoms with Gasteiger partial charge in [0.25, 0.3) is 6.43 Å². The van der Waals surface area contributed by atoms with Gasteiger partial charge in [-0.1, -0.05) is 31.9 Å². The van der Waals surface area contributed by atoms with Crippen LogP contribution in [0.5, 0.6) is 5.75 Å². The number of carbonyl (C=O) groups is 1. The van der Waals surface area contributed by atoms with Gasteiger partial charge in [0.2, 0.25) is 0 Å². The molecule has 0 saturated heterocycles. The third kappa shape index (κ3) is 5.88. The third-order valence-electron chi connectivity index (χ3n) is 6.17. The number of allylic oxidation sites excluding steroid dienone is 2. The monoisotopic (exact) mass is 376 g/mol. The van der Waals surface area contributed by atoms with E-state index >= 15 is 0 Å². The maximum atomic E-state index is 12.6. The van der Waals surface area contributed by atoms with Crippen LogP contribution in [-0.2, 0) is 4.79 Å². The van der Waals surface area contributed by atoms with Crippen LogP contribution in [0.4, 0.5) is 8.78 Å². The Bertz CT molecular complexity index is 622. The number of hydrogen-bond acceptors (Lipinski definition) is 2. The van der Waals surface area contributed by atoms with E-state index in [-0.39, 0.29) is 17.5 Å². The largest absolute Gasteiger partial charge is 0.426 e. The zero-order valence-electron chi connectivity index (χ0n) is 16.1. The second-order valence-electron chi connectivity index (χ2n) is 8.31. The highest BCUT2D eigenvalue weighted by Gasteiger charge is 2.27. The minimum Gasteiger partial charge on any atom is -0.426 e. The Hall–Kier alpha value is -1.71. The van der Waals surface area contributed by atoms with Crippen molar-refractivity contribution in [3.05, 3.63) is 42.0 Å². The van der Waals surface area contributed by atoms with E-state index in [0.29, 0.717) is 11.7 Å². The lowest BCUT2D eigenvalue weighted by atomic mass is 9.79. The van der Waals surface area contributed by atoms with Crippen LogP contribution in [0.3, 0.4) is 0 Å². The van der Waals surface area contributed by atoms with Crippen molar-refractivity contribution in [3.8, 4) is 5.75 Å². The summed E-state index contributed by atoms with van der Waals surface area (Å²) in [7, 11) is 0. The first kappa shape index (κ1) is 20.0. The maximum absolute atomic E-state index is 12.6. The number of ether oxygens (including phenoxy) is 1. The van der Waals surface area contributed by atoms with Gasteiger partial charge < -0.3 is 4.74 Å². The van der Waals surface area contributed by atoms with Crippen LogP contribution in [0, 0.1) is 23.7 Å². The van der Waals surface area contributed by atoms with Gasteiger partial charge in [0.15, 0.2) is 0 Å². The molecule has 0 aliphatic heterocycles. The average molecular weight is 376 g/mol. The molecule has 148 valence electrons. The highest BCUT2D eigenvalue weighted by molar-refractivity contribution is 5.75. The summed E-state index contributed by atoms with van der Waals surface area (Å²) in [5, 5.41) is 0. The molecule has 0 aromatic heterocycles. The molecule has 0 spiro atoms. The lowest BCUT2D eigenvalue weighted by molar-refractivity contribution is -0.140. The van der Waals surface area contributed by atoms with Gasteiger partial charge in [-0.15, -0.1) is 0 Å². The standard InChI is InChI=1S/C23H30F2O2/c1-16-2-4-17(5-3-16)6-7-18-8-10-20(11-9-18)23(26)27-21-14-12-19(13-15-21)22(24)25/h6-7,12-18,20,22H,2-5,8-11H2,1H3/b7-6+. The van der Waals surface area contributed by atoms with Crippen LogP contribution in [0.15, 0.2) is 36.4 Å². The van der Waals surface area contributed by atoms with Gasteiger partial charge in [0.1, 0.15) is 5.75 Å². The smallest absolute Gasteiger partial charge is 0.314 e. The summed E-state index contributed by atoms with van der Waals surface area (Å²) >= 11 is 0. The van der Waals surface area contributed by atoms with E-state index in [1.165, 1.54) is 49.9 Å². The summed E-state index contributed by atoms with van der Waals surface area (Å²) in [6.07, 6.45) is 11.3. The number of carbonyl (C=O) groups excluding carboxylic acids is 1. The topological polar surface area (TPSA) is 26.3 Å². The third-order valence-corrected chi connectivity index (χ3v) is 6.17. The van der Waals surface area contributed by atoms with Crippen LogP contribution in [-0.4, -0.2) is 5.97 Å². The van der Waals surface area contributed by atoms with Gasteiger partial charge in [0, 0.05) is 5.56 Å². The van der Waals surface area contributed by atoms with Crippen molar-refractivity contribution < 1.29 is 18.3 Å². The highest BCUT2D eigenvalue weighted by atomic mass is 19.3. The Balaban J connectivity index is 1.42. The van der Waals surface area contributed by atoms with E-state index < -0.39 is 6.43 Å². The Labute approximate surface area is 161 Å². The highest BCUT2D eigenvalue weighted by Crippen LogP contribution is 2.33. The van der Waals surface area contributed by atoms with Crippen LogP contribution in [0.1, 0.15) is 70.3 Å². The average Bonchev–Trinajstić information content (AvgIpc) is 2.68. The fraction of sp³-hybridized carbons (Fsp3) is 0.609. The molecule has 0 atom stereocenters. The molecule has 2 fully saturated rings. The molecule has 2 aliphatic rings. The fourth-order valence-corrected chi connectivity index (χ4v) is 4.22. The molecule has 2 nitrogen and oxygen atoms in total. The van der Waals surface area contributed by atoms with Crippen LogP contribution >= 0.6 is 0 Å². The summed E-state index contributed by atoms with van der Waals surface area (Å²) < 4.78 is 30.5. The number of benzene rings is 1. The first-order chi connectivity index (χ1) is 13.0. The predicted octanol–water partition coefficient (Wildman–Crippen LogP) is 6.72. The predicted molar refractivity (Wildman–Crippen MR) is 103 cm³/mol. The number of rotatable bonds is 5. The zero-order chi connectivity index (χ0) is 19.2. The van der Waals surface area contributed by atoms with E-state index in [1.54, 1.807) is 0 Å². The van der Waals surface area contributed by atoms with E-state index in [4.69, 9.17) is 4.74 Å². The van der Waals surface area contributed by atoms with E-state index in [1.807, 2.05) is 0 Å². The minimum absolute atomic E-state index is 0.0606. The Morgan fingerprint density at radius 1 is 0.926 bits per heavy atom. The fourth-order valence-electron chi connectivity index (χ4n) is 4.22. The quantitative estimate of drug-likeness (QED) is 0.324. The molecule has 0 bridgehead atoms. The molecular weight excluding hydrogens is 346 g/mol. The Morgan fingerprint density at radius 3 is 1.96 bits per heavy atom. The summed E-state index contributed by atoms with van der Waals surface area (Å²) in [6, 6.07) is 5.50. The first-order valence-corrected chi connectivity index (χ1v) is 10.3. The van der Waals surface area contributed by atoms with Gasteiger partial charge >= 0.3 is 5.97 Å². The van der Waals surface area contributed by atoms with Gasteiger partial charge in [-0.25, -0.2) is 8.78 Å². The molecule has 0 radical (unpaired) electrons. The van der Waals surface area contributed by atoms with Crippen molar-refractivity contribution in [1.82, 2.24) is 0 Å². The van der Waals surface area contributed by atoms with Crippen molar-refractivity contribution in [2.24, 2.45) is 23.7 Å². The van der Waals surface area contributed by atoms with Crippen molar-refractivity contribution in [3.63, 3.8) is 0 Å². The first-order valence-electron chi connectivity index (χ1n) is 10.3. The number of hydrogen-bond donors (Lipinski definition) is 0. The number of alkyl halides is 2. The Kier molecular flexibility index (Phi) is 7.03. The van der Waals surface area contributed by atoms with Crippen molar-refractivity contribution >= 4 is 5.97 Å². The van der Waals surface area contributed by atoms with Crippen molar-refractivity contribution in [1.29, 1.82) is 0 Å². The molecule has 0 amide bonds. The molecule has 3 rings (SSSR count). The lowest BCUT2D eigenvalue weighted by Gasteiger charge is -2.27. The molecule has 2 aliphatic carbocycles. The molecule has 27 heavy (non-hydrogen) atoms. The Morgan fingerprint density at radius 2 is 1.44 bits per heavy atom. The summed E-state index contributed by atoms with van der Waals surface area (Å²) in [6.45, 7) is 2.34. The SMILES string of the molecule is CC1CCC(/C=C/C2CCC(C(=O)Oc3ccc(C(F)F)cc3)CC2)CC1. The molecule has 1 aromatic carbocycles. The molecule has 2 saturated carbocycles. The summed E-state index contributed by atoms with van der Waals surface area (Å²) in [5.74, 6) is 2.21. The lowest BCUT2D eigenvalue weighted by Crippen LogP contribution is -2.25. The van der Waals surface area contributed by atoms with E-state index in [2.05, 4.69) is 19.1 Å². The van der Waals surface area contributed by atoms with Crippen LogP contribution in [0.2, 0.25) is 0 Å². The normalized spacial score (nSPS) is 29.2. The summed E-state index contributed by atoms with van der Waals surface area (Å²) in [4.78, 5) is 12.3. The maximum Gasteiger partial charge on any atom is 0.314 e. The number of esters is 1. The molecular formula is C23H30F2O2. The summed E-state index contributed by atoms with van der Waals surface area (Å²) in [5.41, 5.74) is -0.0606. The van der Waals surface area contributed by atoms with Crippen molar-refractivity contribution in [2.75, 3.05) is 0 Å². The van der Waals surface area contributed by atoms with Crippen molar-refractivity contribution in [2.45, 2.75) is 64.7 Å². The van der Waals surface area contributed by atoms with Gasteiger partial charge in [-0.2, -0.15) is 0 Å². The second-order valence-corrected chi connectivity index (χ2v) is 8.31. The van der Waals surface area contributed by atoms with E-state index in [9.17, 15) is 13.6 Å². The van der Waals surface area contributed by atoms with Gasteiger partial charge in [-0.05, 0) is 80.5 Å². The zero-order valence-corrected chi connectivity index (χ0v) is 16.1. The van der Waals surface area contributed by atoms with Crippen LogP contribution in [0.25, 0.3) is 0 Å². The van der Waals surface area contributed by atoms with Gasteiger partial charge in [-0.3, -0.25) is 4.79 Å². The molecule has 1 aromatic rings. The molecule has 4 heteroatoms.